The number of hydrogen-bond donors (Lipinski definition) is 3. The first kappa shape index (κ1) is 15.6. The highest BCUT2D eigenvalue weighted by atomic mass is 32.2. The second-order valence-corrected chi connectivity index (χ2v) is 7.21. The third-order valence-corrected chi connectivity index (χ3v) is 6.18. The number of rotatable bonds is 7. The summed E-state index contributed by atoms with van der Waals surface area (Å²) in [5, 5.41) is 18.5. The number of hydrogen-bond acceptors (Lipinski definition) is 5. The SMILES string of the molecule is CCc1ccc(S(=O)(=O)NC(CC)(CO)CO)s1. The van der Waals surface area contributed by atoms with Crippen LogP contribution >= 0.6 is 11.3 Å². The Hall–Kier alpha value is -0.470. The van der Waals surface area contributed by atoms with Gasteiger partial charge in [-0.25, -0.2) is 8.42 Å². The first-order valence-electron chi connectivity index (χ1n) is 5.77. The fraction of sp³-hybridized carbons (Fsp3) is 0.636. The van der Waals surface area contributed by atoms with E-state index in [0.29, 0.717) is 6.42 Å². The topological polar surface area (TPSA) is 86.6 Å². The summed E-state index contributed by atoms with van der Waals surface area (Å²) in [7, 11) is -3.69. The number of aliphatic hydroxyl groups is 2. The van der Waals surface area contributed by atoms with Crippen LogP contribution in [-0.4, -0.2) is 37.4 Å². The summed E-state index contributed by atoms with van der Waals surface area (Å²) < 4.78 is 26.9. The van der Waals surface area contributed by atoms with E-state index in [1.807, 2.05) is 6.92 Å². The number of sulfonamides is 1. The van der Waals surface area contributed by atoms with Crippen LogP contribution in [0.1, 0.15) is 25.1 Å². The summed E-state index contributed by atoms with van der Waals surface area (Å²) in [5.41, 5.74) is -1.20. The molecule has 0 aliphatic carbocycles. The molecule has 1 heterocycles. The van der Waals surface area contributed by atoms with Crippen molar-refractivity contribution < 1.29 is 18.6 Å². The van der Waals surface area contributed by atoms with Crippen LogP contribution in [-0.2, 0) is 16.4 Å². The Morgan fingerprint density at radius 1 is 1.28 bits per heavy atom. The second-order valence-electron chi connectivity index (χ2n) is 4.13. The van der Waals surface area contributed by atoms with Crippen molar-refractivity contribution in [3.05, 3.63) is 17.0 Å². The van der Waals surface area contributed by atoms with Crippen LogP contribution in [0.25, 0.3) is 0 Å². The number of aryl methyl sites for hydroxylation is 1. The molecule has 0 radical (unpaired) electrons. The van der Waals surface area contributed by atoms with Crippen molar-refractivity contribution >= 4 is 21.4 Å². The molecule has 104 valence electrons. The maximum atomic E-state index is 12.1. The van der Waals surface area contributed by atoms with Gasteiger partial charge in [0.15, 0.2) is 0 Å². The lowest BCUT2D eigenvalue weighted by atomic mass is 10.0. The first-order valence-corrected chi connectivity index (χ1v) is 8.07. The molecule has 7 heteroatoms. The van der Waals surface area contributed by atoms with Gasteiger partial charge < -0.3 is 10.2 Å². The van der Waals surface area contributed by atoms with E-state index in [4.69, 9.17) is 0 Å². The van der Waals surface area contributed by atoms with Crippen molar-refractivity contribution in [1.82, 2.24) is 4.72 Å². The minimum absolute atomic E-state index is 0.207. The third kappa shape index (κ3) is 3.30. The quantitative estimate of drug-likeness (QED) is 0.691. The van der Waals surface area contributed by atoms with E-state index in [1.54, 1.807) is 19.1 Å². The number of nitrogens with one attached hydrogen (secondary N) is 1. The van der Waals surface area contributed by atoms with Gasteiger partial charge in [-0.1, -0.05) is 13.8 Å². The summed E-state index contributed by atoms with van der Waals surface area (Å²) in [6.07, 6.45) is 1.09. The smallest absolute Gasteiger partial charge is 0.250 e. The van der Waals surface area contributed by atoms with Crippen LogP contribution < -0.4 is 4.72 Å². The molecular weight excluding hydrogens is 274 g/mol. The molecule has 0 saturated heterocycles. The standard InChI is InChI=1S/C11H19NO4S2/c1-3-9-5-6-10(17-9)18(15,16)12-11(4-2,7-13)8-14/h5-6,12-14H,3-4,7-8H2,1-2H3. The van der Waals surface area contributed by atoms with Gasteiger partial charge in [-0.3, -0.25) is 0 Å². The van der Waals surface area contributed by atoms with E-state index < -0.39 is 28.8 Å². The largest absolute Gasteiger partial charge is 0.394 e. The molecule has 1 aromatic heterocycles. The summed E-state index contributed by atoms with van der Waals surface area (Å²) >= 11 is 1.20. The minimum Gasteiger partial charge on any atom is -0.394 e. The van der Waals surface area contributed by atoms with Crippen molar-refractivity contribution in [2.45, 2.75) is 36.4 Å². The van der Waals surface area contributed by atoms with E-state index in [2.05, 4.69) is 4.72 Å². The Morgan fingerprint density at radius 3 is 2.28 bits per heavy atom. The highest BCUT2D eigenvalue weighted by molar-refractivity contribution is 7.91. The molecule has 0 fully saturated rings. The third-order valence-electron chi connectivity index (χ3n) is 2.88. The average Bonchev–Trinajstić information content (AvgIpc) is 2.85. The Morgan fingerprint density at radius 2 is 1.89 bits per heavy atom. The predicted molar refractivity (Wildman–Crippen MR) is 71.2 cm³/mol. The van der Waals surface area contributed by atoms with Crippen LogP contribution in [0.5, 0.6) is 0 Å². The maximum Gasteiger partial charge on any atom is 0.250 e. The predicted octanol–water partition coefficient (Wildman–Crippen LogP) is 0.722. The molecule has 0 aliphatic rings. The van der Waals surface area contributed by atoms with E-state index in [-0.39, 0.29) is 4.21 Å². The molecule has 1 rings (SSSR count). The van der Waals surface area contributed by atoms with Gasteiger partial charge in [0, 0.05) is 4.88 Å². The first-order chi connectivity index (χ1) is 8.43. The van der Waals surface area contributed by atoms with E-state index in [1.165, 1.54) is 11.3 Å². The van der Waals surface area contributed by atoms with Gasteiger partial charge >= 0.3 is 0 Å². The second kappa shape index (κ2) is 6.12. The van der Waals surface area contributed by atoms with E-state index in [9.17, 15) is 18.6 Å². The fourth-order valence-corrected chi connectivity index (χ4v) is 4.19. The zero-order valence-corrected chi connectivity index (χ0v) is 12.1. The molecule has 0 bridgehead atoms. The van der Waals surface area contributed by atoms with Crippen LogP contribution in [0.3, 0.4) is 0 Å². The van der Waals surface area contributed by atoms with Crippen molar-refractivity contribution in [1.29, 1.82) is 0 Å². The Kier molecular flexibility index (Phi) is 5.30. The molecule has 0 aromatic carbocycles. The van der Waals surface area contributed by atoms with Gasteiger partial charge in [-0.05, 0) is 25.0 Å². The Balaban J connectivity index is 3.00. The highest BCUT2D eigenvalue weighted by Crippen LogP contribution is 2.23. The molecule has 0 spiro atoms. The van der Waals surface area contributed by atoms with E-state index >= 15 is 0 Å². The van der Waals surface area contributed by atoms with Gasteiger partial charge in [0.2, 0.25) is 0 Å². The van der Waals surface area contributed by atoms with Crippen LogP contribution in [0.4, 0.5) is 0 Å². The summed E-state index contributed by atoms with van der Waals surface area (Å²) in [4.78, 5) is 0.977. The van der Waals surface area contributed by atoms with Crippen molar-refractivity contribution in [3.63, 3.8) is 0 Å². The van der Waals surface area contributed by atoms with Crippen LogP contribution in [0.2, 0.25) is 0 Å². The average molecular weight is 293 g/mol. The van der Waals surface area contributed by atoms with Gasteiger partial charge in [-0.2, -0.15) is 4.72 Å². The van der Waals surface area contributed by atoms with Gasteiger partial charge in [0.05, 0.1) is 18.8 Å². The Labute approximate surface area is 112 Å². The van der Waals surface area contributed by atoms with Crippen molar-refractivity contribution in [3.8, 4) is 0 Å². The normalized spacial score (nSPS) is 12.9. The molecule has 5 nitrogen and oxygen atoms in total. The molecule has 0 unspecified atom stereocenters. The lowest BCUT2D eigenvalue weighted by Crippen LogP contribution is -2.53. The molecule has 0 atom stereocenters. The maximum absolute atomic E-state index is 12.1. The summed E-state index contributed by atoms with van der Waals surface area (Å²) in [6.45, 7) is 2.78. The summed E-state index contributed by atoms with van der Waals surface area (Å²) in [6, 6.07) is 3.31. The van der Waals surface area contributed by atoms with Gasteiger partial charge in [-0.15, -0.1) is 11.3 Å². The molecule has 3 N–H and O–H groups in total. The molecule has 0 amide bonds. The van der Waals surface area contributed by atoms with Gasteiger partial charge in [0.1, 0.15) is 4.21 Å². The molecular formula is C11H19NO4S2. The number of aliphatic hydroxyl groups excluding tert-OH is 2. The van der Waals surface area contributed by atoms with Crippen LogP contribution in [0, 0.1) is 0 Å². The Bertz CT molecular complexity index is 469. The monoisotopic (exact) mass is 293 g/mol. The minimum atomic E-state index is -3.69. The van der Waals surface area contributed by atoms with E-state index in [0.717, 1.165) is 11.3 Å². The van der Waals surface area contributed by atoms with Crippen molar-refractivity contribution in [2.24, 2.45) is 0 Å². The fourth-order valence-electron chi connectivity index (χ4n) is 1.44. The zero-order chi connectivity index (χ0) is 13.8. The lowest BCUT2D eigenvalue weighted by molar-refractivity contribution is 0.105. The number of thiophene rings is 1. The molecule has 18 heavy (non-hydrogen) atoms. The molecule has 0 saturated carbocycles. The zero-order valence-electron chi connectivity index (χ0n) is 10.5. The van der Waals surface area contributed by atoms with Gasteiger partial charge in [0.25, 0.3) is 10.0 Å². The van der Waals surface area contributed by atoms with Crippen LogP contribution in [0.15, 0.2) is 16.3 Å². The molecule has 1 aromatic rings. The van der Waals surface area contributed by atoms with Crippen molar-refractivity contribution in [2.75, 3.05) is 13.2 Å². The molecule has 0 aliphatic heterocycles. The summed E-state index contributed by atoms with van der Waals surface area (Å²) in [5.74, 6) is 0. The lowest BCUT2D eigenvalue weighted by Gasteiger charge is -2.28. The highest BCUT2D eigenvalue weighted by Gasteiger charge is 2.33.